The van der Waals surface area contributed by atoms with Crippen LogP contribution in [0.25, 0.3) is 10.2 Å². The van der Waals surface area contributed by atoms with Gasteiger partial charge in [0.15, 0.2) is 5.13 Å². The molecule has 1 amide bonds. The van der Waals surface area contributed by atoms with E-state index in [0.717, 1.165) is 27.5 Å². The van der Waals surface area contributed by atoms with E-state index >= 15 is 0 Å². The molecule has 3 rings (SSSR count). The van der Waals surface area contributed by atoms with Crippen molar-refractivity contribution in [2.75, 3.05) is 32.1 Å². The van der Waals surface area contributed by atoms with Gasteiger partial charge in [-0.15, -0.1) is 0 Å². The van der Waals surface area contributed by atoms with Crippen molar-refractivity contribution in [2.24, 2.45) is 0 Å². The van der Waals surface area contributed by atoms with Crippen LogP contribution in [0.15, 0.2) is 42.5 Å². The normalized spacial score (nSPS) is 11.2. The molecule has 0 aliphatic carbocycles. The molecule has 2 aromatic carbocycles. The minimum atomic E-state index is 0.0111. The maximum Gasteiger partial charge on any atom is 0.260 e. The number of nitrogens with one attached hydrogen (secondary N) is 1. The van der Waals surface area contributed by atoms with Crippen LogP contribution in [-0.4, -0.2) is 38.1 Å². The molecule has 5 heteroatoms. The van der Waals surface area contributed by atoms with Gasteiger partial charge in [0.1, 0.15) is 0 Å². The molecule has 0 radical (unpaired) electrons. The number of hydrogen-bond acceptors (Lipinski definition) is 3. The molecule has 0 aliphatic rings. The van der Waals surface area contributed by atoms with Gasteiger partial charge in [-0.1, -0.05) is 35.1 Å². The van der Waals surface area contributed by atoms with Crippen LogP contribution in [-0.2, 0) is 0 Å². The van der Waals surface area contributed by atoms with E-state index < -0.39 is 0 Å². The van der Waals surface area contributed by atoms with E-state index in [9.17, 15) is 4.79 Å². The van der Waals surface area contributed by atoms with Gasteiger partial charge in [0, 0.05) is 5.56 Å². The molecule has 0 aliphatic heterocycles. The maximum absolute atomic E-state index is 13.1. The largest absolute Gasteiger partial charge is 0.338 e. The Labute approximate surface area is 152 Å². The fourth-order valence-electron chi connectivity index (χ4n) is 2.61. The summed E-state index contributed by atoms with van der Waals surface area (Å²) in [5.41, 5.74) is 4.01. The molecule has 0 saturated heterocycles. The van der Waals surface area contributed by atoms with Gasteiger partial charge in [-0.2, -0.15) is 0 Å². The van der Waals surface area contributed by atoms with Crippen molar-refractivity contribution in [3.8, 4) is 0 Å². The van der Waals surface area contributed by atoms with Crippen LogP contribution in [0.3, 0.4) is 0 Å². The standard InChI is InChI=1S/C20H23N3OS/c1-14-5-8-16(9-6-14)19(24)23(12-11-22(3)4)20-21-17-10-7-15(2)13-18(17)25-20/h5-10,13H,11-12H2,1-4H3/p+1. The van der Waals surface area contributed by atoms with Crippen molar-refractivity contribution in [1.82, 2.24) is 4.98 Å². The second-order valence-electron chi connectivity index (χ2n) is 6.75. The predicted molar refractivity (Wildman–Crippen MR) is 105 cm³/mol. The van der Waals surface area contributed by atoms with Crippen LogP contribution >= 0.6 is 11.3 Å². The third-order valence-electron chi connectivity index (χ3n) is 4.14. The highest BCUT2D eigenvalue weighted by Crippen LogP contribution is 2.30. The van der Waals surface area contributed by atoms with Crippen molar-refractivity contribution >= 4 is 32.6 Å². The highest BCUT2D eigenvalue weighted by atomic mass is 32.1. The smallest absolute Gasteiger partial charge is 0.260 e. The summed E-state index contributed by atoms with van der Waals surface area (Å²) < 4.78 is 1.12. The number of thiazole rings is 1. The van der Waals surface area contributed by atoms with Crippen molar-refractivity contribution in [3.05, 3.63) is 59.2 Å². The van der Waals surface area contributed by atoms with E-state index in [2.05, 4.69) is 33.2 Å². The van der Waals surface area contributed by atoms with Gasteiger partial charge in [-0.25, -0.2) is 4.98 Å². The van der Waals surface area contributed by atoms with E-state index in [1.54, 1.807) is 11.3 Å². The topological polar surface area (TPSA) is 37.6 Å². The average Bonchev–Trinajstić information content (AvgIpc) is 2.98. The molecule has 1 N–H and O–H groups in total. The number of fused-ring (bicyclic) bond motifs is 1. The van der Waals surface area contributed by atoms with E-state index in [0.29, 0.717) is 12.1 Å². The monoisotopic (exact) mass is 354 g/mol. The zero-order valence-electron chi connectivity index (χ0n) is 15.2. The van der Waals surface area contributed by atoms with Gasteiger partial charge in [0.05, 0.1) is 37.4 Å². The maximum atomic E-state index is 13.1. The van der Waals surface area contributed by atoms with E-state index in [4.69, 9.17) is 4.98 Å². The lowest BCUT2D eigenvalue weighted by Crippen LogP contribution is -3.06. The summed E-state index contributed by atoms with van der Waals surface area (Å²) in [5.74, 6) is 0.0111. The molecule has 0 bridgehead atoms. The van der Waals surface area contributed by atoms with E-state index in [1.165, 1.54) is 10.5 Å². The van der Waals surface area contributed by atoms with Crippen LogP contribution in [0.1, 0.15) is 21.5 Å². The molecule has 0 fully saturated rings. The minimum Gasteiger partial charge on any atom is -0.338 e. The van der Waals surface area contributed by atoms with Gasteiger partial charge in [0.2, 0.25) is 0 Å². The highest BCUT2D eigenvalue weighted by Gasteiger charge is 2.22. The Morgan fingerprint density at radius 1 is 1.08 bits per heavy atom. The summed E-state index contributed by atoms with van der Waals surface area (Å²) in [6.45, 7) is 5.61. The zero-order valence-corrected chi connectivity index (χ0v) is 16.0. The molecule has 3 aromatic rings. The zero-order chi connectivity index (χ0) is 18.0. The first-order chi connectivity index (χ1) is 11.9. The number of anilines is 1. The Hall–Kier alpha value is -2.24. The lowest BCUT2D eigenvalue weighted by molar-refractivity contribution is -0.856. The fourth-order valence-corrected chi connectivity index (χ4v) is 3.69. The fraction of sp³-hybridized carbons (Fsp3) is 0.300. The van der Waals surface area contributed by atoms with Crippen LogP contribution in [0, 0.1) is 13.8 Å². The molecular weight excluding hydrogens is 330 g/mol. The second-order valence-corrected chi connectivity index (χ2v) is 7.76. The number of carbonyl (C=O) groups is 1. The van der Waals surface area contributed by atoms with E-state index in [1.807, 2.05) is 42.2 Å². The number of rotatable bonds is 5. The first-order valence-corrected chi connectivity index (χ1v) is 9.30. The van der Waals surface area contributed by atoms with Crippen LogP contribution < -0.4 is 9.80 Å². The SMILES string of the molecule is Cc1ccc(C(=O)N(CC[NH+](C)C)c2nc3ccc(C)cc3s2)cc1. The van der Waals surface area contributed by atoms with Gasteiger partial charge >= 0.3 is 0 Å². The molecule has 0 unspecified atom stereocenters. The van der Waals surface area contributed by atoms with Crippen molar-refractivity contribution in [3.63, 3.8) is 0 Å². The summed E-state index contributed by atoms with van der Waals surface area (Å²) in [5, 5.41) is 0.771. The summed E-state index contributed by atoms with van der Waals surface area (Å²) in [7, 11) is 4.19. The van der Waals surface area contributed by atoms with Crippen LogP contribution in [0.2, 0.25) is 0 Å². The molecule has 25 heavy (non-hydrogen) atoms. The molecule has 1 aromatic heterocycles. The summed E-state index contributed by atoms with van der Waals surface area (Å²) >= 11 is 1.58. The van der Waals surface area contributed by atoms with Crippen molar-refractivity contribution in [2.45, 2.75) is 13.8 Å². The van der Waals surface area contributed by atoms with Gasteiger partial charge in [0.25, 0.3) is 5.91 Å². The Balaban J connectivity index is 1.97. The Kier molecular flexibility index (Phi) is 5.16. The van der Waals surface area contributed by atoms with Crippen molar-refractivity contribution < 1.29 is 9.69 Å². The number of aryl methyl sites for hydroxylation is 2. The average molecular weight is 354 g/mol. The van der Waals surface area contributed by atoms with Crippen molar-refractivity contribution in [1.29, 1.82) is 0 Å². The number of benzene rings is 2. The molecule has 130 valence electrons. The minimum absolute atomic E-state index is 0.0111. The Morgan fingerprint density at radius 3 is 2.44 bits per heavy atom. The third-order valence-corrected chi connectivity index (χ3v) is 5.18. The quantitative estimate of drug-likeness (QED) is 0.765. The summed E-state index contributed by atoms with van der Waals surface area (Å²) in [6, 6.07) is 13.9. The number of aromatic nitrogens is 1. The number of hydrogen-bond donors (Lipinski definition) is 1. The number of amides is 1. The summed E-state index contributed by atoms with van der Waals surface area (Å²) in [6.07, 6.45) is 0. The summed E-state index contributed by atoms with van der Waals surface area (Å²) in [4.78, 5) is 20.9. The van der Waals surface area contributed by atoms with E-state index in [-0.39, 0.29) is 5.91 Å². The Bertz CT molecular complexity index is 884. The predicted octanol–water partition coefficient (Wildman–Crippen LogP) is 2.70. The van der Waals surface area contributed by atoms with Gasteiger partial charge in [-0.05, 0) is 43.7 Å². The number of carbonyl (C=O) groups excluding carboxylic acids is 1. The molecule has 0 atom stereocenters. The molecule has 0 spiro atoms. The van der Waals surface area contributed by atoms with Gasteiger partial charge in [-0.3, -0.25) is 9.69 Å². The number of likely N-dealkylation sites (N-methyl/N-ethyl adjacent to an activating group) is 1. The number of nitrogens with zero attached hydrogens (tertiary/aromatic N) is 2. The lowest BCUT2D eigenvalue weighted by Gasteiger charge is -2.20. The molecule has 0 saturated carbocycles. The third kappa shape index (κ3) is 4.06. The molecule has 4 nitrogen and oxygen atoms in total. The number of quaternary nitrogens is 1. The van der Waals surface area contributed by atoms with Crippen LogP contribution in [0.5, 0.6) is 0 Å². The first kappa shape index (κ1) is 17.6. The Morgan fingerprint density at radius 2 is 1.76 bits per heavy atom. The second kappa shape index (κ2) is 7.33. The lowest BCUT2D eigenvalue weighted by atomic mass is 10.1. The van der Waals surface area contributed by atoms with Gasteiger partial charge < -0.3 is 4.90 Å². The molecule has 1 heterocycles. The first-order valence-electron chi connectivity index (χ1n) is 8.49. The molecular formula is C20H24N3OS+. The van der Waals surface area contributed by atoms with Crippen LogP contribution in [0.4, 0.5) is 5.13 Å². The highest BCUT2D eigenvalue weighted by molar-refractivity contribution is 7.22.